The van der Waals surface area contributed by atoms with Crippen molar-refractivity contribution in [3.05, 3.63) is 51.3 Å². The highest BCUT2D eigenvalue weighted by atomic mass is 35.5. The van der Waals surface area contributed by atoms with E-state index in [1.807, 2.05) is 42.9 Å². The summed E-state index contributed by atoms with van der Waals surface area (Å²) in [6, 6.07) is 7.73. The zero-order valence-electron chi connectivity index (χ0n) is 12.3. The Kier molecular flexibility index (Phi) is 5.68. The molecule has 21 heavy (non-hydrogen) atoms. The molecule has 0 aliphatic rings. The van der Waals surface area contributed by atoms with Crippen molar-refractivity contribution in [1.82, 2.24) is 9.78 Å². The molecule has 0 bridgehead atoms. The fourth-order valence-electron chi connectivity index (χ4n) is 2.47. The lowest BCUT2D eigenvalue weighted by Crippen LogP contribution is -2.15. The van der Waals surface area contributed by atoms with Gasteiger partial charge in [0.25, 0.3) is 0 Å². The molecular formula is C16H20Cl2N2O. The minimum Gasteiger partial charge on any atom is -0.396 e. The Morgan fingerprint density at radius 3 is 2.38 bits per heavy atom. The third kappa shape index (κ3) is 4.00. The van der Waals surface area contributed by atoms with Crippen molar-refractivity contribution in [2.45, 2.75) is 26.2 Å². The molecule has 2 aromatic rings. The molecule has 0 saturated carbocycles. The molecule has 0 radical (unpaired) electrons. The van der Waals surface area contributed by atoms with Gasteiger partial charge < -0.3 is 5.11 Å². The van der Waals surface area contributed by atoms with Gasteiger partial charge in [-0.1, -0.05) is 42.3 Å². The second-order valence-electron chi connectivity index (χ2n) is 5.27. The molecule has 1 N–H and O–H groups in total. The third-order valence-corrected chi connectivity index (χ3v) is 4.37. The van der Waals surface area contributed by atoms with Gasteiger partial charge in [0.2, 0.25) is 0 Å². The summed E-state index contributed by atoms with van der Waals surface area (Å²) in [5.74, 6) is 0.115. The molecule has 2 rings (SSSR count). The van der Waals surface area contributed by atoms with E-state index in [9.17, 15) is 5.11 Å². The van der Waals surface area contributed by atoms with Crippen LogP contribution in [0.4, 0.5) is 0 Å². The summed E-state index contributed by atoms with van der Waals surface area (Å²) < 4.78 is 1.83. The van der Waals surface area contributed by atoms with E-state index >= 15 is 0 Å². The van der Waals surface area contributed by atoms with Crippen LogP contribution in [0, 0.1) is 5.92 Å². The molecule has 1 aromatic carbocycles. The van der Waals surface area contributed by atoms with Crippen LogP contribution in [0.1, 0.15) is 23.9 Å². The first-order valence-corrected chi connectivity index (χ1v) is 7.86. The van der Waals surface area contributed by atoms with E-state index < -0.39 is 0 Å². The van der Waals surface area contributed by atoms with Gasteiger partial charge in [-0.2, -0.15) is 5.10 Å². The van der Waals surface area contributed by atoms with Gasteiger partial charge in [-0.15, -0.1) is 0 Å². The van der Waals surface area contributed by atoms with Crippen molar-refractivity contribution in [1.29, 1.82) is 0 Å². The summed E-state index contributed by atoms with van der Waals surface area (Å²) >= 11 is 12.3. The minimum absolute atomic E-state index is 0.115. The van der Waals surface area contributed by atoms with Gasteiger partial charge in [0.15, 0.2) is 0 Å². The number of hydrogen-bond donors (Lipinski definition) is 1. The van der Waals surface area contributed by atoms with E-state index in [4.69, 9.17) is 23.2 Å². The predicted octanol–water partition coefficient (Wildman–Crippen LogP) is 3.68. The Balaban J connectivity index is 2.12. The van der Waals surface area contributed by atoms with Crippen molar-refractivity contribution >= 4 is 23.2 Å². The zero-order chi connectivity index (χ0) is 15.4. The van der Waals surface area contributed by atoms with Gasteiger partial charge >= 0.3 is 0 Å². The lowest BCUT2D eigenvalue weighted by Gasteiger charge is -2.15. The molecule has 0 aliphatic heterocycles. The van der Waals surface area contributed by atoms with E-state index in [0.29, 0.717) is 6.42 Å². The smallest absolute Gasteiger partial charge is 0.0849 e. The summed E-state index contributed by atoms with van der Waals surface area (Å²) in [5.41, 5.74) is 3.06. The van der Waals surface area contributed by atoms with E-state index in [2.05, 4.69) is 5.10 Å². The summed E-state index contributed by atoms with van der Waals surface area (Å²) in [6.07, 6.45) is 2.31. The van der Waals surface area contributed by atoms with Crippen molar-refractivity contribution in [3.8, 4) is 0 Å². The SMILES string of the molecule is CCc1nn(C)c(CC(CO)Cc2ccc(Cl)cc2)c1Cl. The summed E-state index contributed by atoms with van der Waals surface area (Å²) in [5, 5.41) is 15.5. The van der Waals surface area contributed by atoms with E-state index in [1.165, 1.54) is 0 Å². The molecule has 0 amide bonds. The van der Waals surface area contributed by atoms with Gasteiger partial charge in [-0.05, 0) is 42.9 Å². The Hall–Kier alpha value is -1.03. The number of hydrogen-bond acceptors (Lipinski definition) is 2. The van der Waals surface area contributed by atoms with Gasteiger partial charge in [-0.3, -0.25) is 4.68 Å². The fourth-order valence-corrected chi connectivity index (χ4v) is 2.97. The van der Waals surface area contributed by atoms with E-state index in [-0.39, 0.29) is 12.5 Å². The number of aliphatic hydroxyl groups is 1. The molecule has 1 aromatic heterocycles. The second-order valence-corrected chi connectivity index (χ2v) is 6.08. The van der Waals surface area contributed by atoms with Crippen LogP contribution < -0.4 is 0 Å². The third-order valence-electron chi connectivity index (χ3n) is 3.68. The van der Waals surface area contributed by atoms with Crippen LogP contribution >= 0.6 is 23.2 Å². The molecule has 0 spiro atoms. The lowest BCUT2D eigenvalue weighted by atomic mass is 9.95. The second kappa shape index (κ2) is 7.30. The van der Waals surface area contributed by atoms with Gasteiger partial charge in [-0.25, -0.2) is 0 Å². The predicted molar refractivity (Wildman–Crippen MR) is 87.0 cm³/mol. The Bertz CT molecular complexity index is 593. The molecule has 0 aliphatic carbocycles. The standard InChI is InChI=1S/C16H20Cl2N2O/c1-3-14-16(18)15(20(2)19-14)9-12(10-21)8-11-4-6-13(17)7-5-11/h4-7,12,21H,3,8-10H2,1-2H3. The van der Waals surface area contributed by atoms with Crippen LogP contribution in [-0.2, 0) is 26.3 Å². The van der Waals surface area contributed by atoms with Crippen LogP contribution in [0.15, 0.2) is 24.3 Å². The van der Waals surface area contributed by atoms with Gasteiger partial charge in [0, 0.05) is 18.7 Å². The molecule has 1 heterocycles. The summed E-state index contributed by atoms with van der Waals surface area (Å²) in [4.78, 5) is 0. The molecule has 114 valence electrons. The van der Waals surface area contributed by atoms with Crippen molar-refractivity contribution in [2.24, 2.45) is 13.0 Å². The molecular weight excluding hydrogens is 307 g/mol. The largest absolute Gasteiger partial charge is 0.396 e. The number of benzene rings is 1. The maximum atomic E-state index is 9.65. The van der Waals surface area contributed by atoms with Crippen LogP contribution in [0.3, 0.4) is 0 Å². The molecule has 0 saturated heterocycles. The highest BCUT2D eigenvalue weighted by Gasteiger charge is 2.18. The normalized spacial score (nSPS) is 12.6. The number of halogens is 2. The first-order valence-electron chi connectivity index (χ1n) is 7.10. The van der Waals surface area contributed by atoms with Crippen LogP contribution in [-0.4, -0.2) is 21.5 Å². The molecule has 0 fully saturated rings. The fraction of sp³-hybridized carbons (Fsp3) is 0.438. The first kappa shape index (κ1) is 16.3. The average Bonchev–Trinajstić information content (AvgIpc) is 2.75. The Labute approximate surface area is 135 Å². The number of aromatic nitrogens is 2. The first-order chi connectivity index (χ1) is 10.0. The average molecular weight is 327 g/mol. The zero-order valence-corrected chi connectivity index (χ0v) is 13.8. The minimum atomic E-state index is 0.115. The summed E-state index contributed by atoms with van der Waals surface area (Å²) in [6.45, 7) is 2.15. The highest BCUT2D eigenvalue weighted by Crippen LogP contribution is 2.25. The molecule has 1 atom stereocenters. The van der Waals surface area contributed by atoms with Crippen molar-refractivity contribution < 1.29 is 5.11 Å². The van der Waals surface area contributed by atoms with Crippen LogP contribution in [0.5, 0.6) is 0 Å². The topological polar surface area (TPSA) is 38.0 Å². The number of nitrogens with zero attached hydrogens (tertiary/aromatic N) is 2. The van der Waals surface area contributed by atoms with Crippen LogP contribution in [0.2, 0.25) is 10.0 Å². The number of aliphatic hydroxyl groups excluding tert-OH is 1. The van der Waals surface area contributed by atoms with Crippen molar-refractivity contribution in [3.63, 3.8) is 0 Å². The monoisotopic (exact) mass is 326 g/mol. The van der Waals surface area contributed by atoms with Gasteiger partial charge in [0.1, 0.15) is 0 Å². The van der Waals surface area contributed by atoms with Crippen LogP contribution in [0.25, 0.3) is 0 Å². The summed E-state index contributed by atoms with van der Waals surface area (Å²) in [7, 11) is 1.90. The lowest BCUT2D eigenvalue weighted by molar-refractivity contribution is 0.223. The van der Waals surface area contributed by atoms with Crippen molar-refractivity contribution in [2.75, 3.05) is 6.61 Å². The number of rotatable bonds is 6. The van der Waals surface area contributed by atoms with Gasteiger partial charge in [0.05, 0.1) is 16.4 Å². The maximum Gasteiger partial charge on any atom is 0.0849 e. The molecule has 3 nitrogen and oxygen atoms in total. The van der Waals surface area contributed by atoms with E-state index in [0.717, 1.165) is 39.8 Å². The quantitative estimate of drug-likeness (QED) is 0.879. The molecule has 5 heteroatoms. The Morgan fingerprint density at radius 2 is 1.86 bits per heavy atom. The highest BCUT2D eigenvalue weighted by molar-refractivity contribution is 6.32. The Morgan fingerprint density at radius 1 is 1.19 bits per heavy atom. The maximum absolute atomic E-state index is 9.65. The van der Waals surface area contributed by atoms with E-state index in [1.54, 1.807) is 0 Å². The molecule has 1 unspecified atom stereocenters. The number of aryl methyl sites for hydroxylation is 2.